The molecule has 3 heterocycles. The van der Waals surface area contributed by atoms with E-state index in [1.165, 1.54) is 11.3 Å². The third kappa shape index (κ3) is 3.27. The summed E-state index contributed by atoms with van der Waals surface area (Å²) in [5.74, 6) is 1.61. The molecule has 0 spiro atoms. The summed E-state index contributed by atoms with van der Waals surface area (Å²) >= 11 is 0. The predicted octanol–water partition coefficient (Wildman–Crippen LogP) is 2.62. The average Bonchev–Trinajstić information content (AvgIpc) is 3.34. The van der Waals surface area contributed by atoms with Crippen molar-refractivity contribution in [2.24, 2.45) is 5.92 Å². The van der Waals surface area contributed by atoms with Gasteiger partial charge in [-0.3, -0.25) is 4.79 Å². The highest BCUT2D eigenvalue weighted by Gasteiger charge is 2.48. The number of para-hydroxylation sites is 1. The predicted molar refractivity (Wildman–Crippen MR) is 108 cm³/mol. The molecule has 1 aromatic heterocycles. The normalized spacial score (nSPS) is 22.0. The fraction of sp³-hybridized carbons (Fsp3) is 0.619. The van der Waals surface area contributed by atoms with E-state index < -0.39 is 0 Å². The number of carbonyl (C=O) groups excluding carboxylic acids is 1. The monoisotopic (exact) mass is 382 g/mol. The molecule has 1 aromatic carbocycles. The Morgan fingerprint density at radius 3 is 2.86 bits per heavy atom. The van der Waals surface area contributed by atoms with Crippen LogP contribution in [0.3, 0.4) is 0 Å². The van der Waals surface area contributed by atoms with Gasteiger partial charge in [0.2, 0.25) is 5.91 Å². The molecular formula is C21H30N6O. The summed E-state index contributed by atoms with van der Waals surface area (Å²) in [6, 6.07) is 8.60. The van der Waals surface area contributed by atoms with Crippen molar-refractivity contribution in [3.05, 3.63) is 35.7 Å². The van der Waals surface area contributed by atoms with Crippen LogP contribution < -0.4 is 4.90 Å². The lowest BCUT2D eigenvalue weighted by Crippen LogP contribution is -2.58. The molecule has 28 heavy (non-hydrogen) atoms. The maximum absolute atomic E-state index is 12.3. The lowest BCUT2D eigenvalue weighted by molar-refractivity contribution is -0.131. The number of hydrogen-bond acceptors (Lipinski definition) is 5. The third-order valence-corrected chi connectivity index (χ3v) is 6.19. The number of aromatic nitrogens is 4. The number of anilines is 1. The van der Waals surface area contributed by atoms with Gasteiger partial charge in [0.1, 0.15) is 5.54 Å². The third-order valence-electron chi connectivity index (χ3n) is 6.19. The van der Waals surface area contributed by atoms with Crippen LogP contribution in [-0.2, 0) is 23.3 Å². The Labute approximate surface area is 166 Å². The quantitative estimate of drug-likeness (QED) is 0.795. The summed E-state index contributed by atoms with van der Waals surface area (Å²) in [6.07, 6.45) is 3.95. The molecule has 0 radical (unpaired) electrons. The average molecular weight is 383 g/mol. The second kappa shape index (κ2) is 7.53. The minimum atomic E-state index is -0.378. The summed E-state index contributed by atoms with van der Waals surface area (Å²) in [5, 5.41) is 12.9. The lowest BCUT2D eigenvalue weighted by Gasteiger charge is -2.48. The first kappa shape index (κ1) is 18.9. The zero-order valence-electron chi connectivity index (χ0n) is 17.1. The molecule has 150 valence electrons. The van der Waals surface area contributed by atoms with E-state index in [9.17, 15) is 4.79 Å². The molecule has 1 saturated heterocycles. The number of carbonyl (C=O) groups is 1. The summed E-state index contributed by atoms with van der Waals surface area (Å²) in [7, 11) is 0. The molecule has 1 unspecified atom stereocenters. The van der Waals surface area contributed by atoms with Crippen LogP contribution >= 0.6 is 0 Å². The van der Waals surface area contributed by atoms with E-state index in [1.54, 1.807) is 6.92 Å². The molecule has 1 amide bonds. The number of rotatable bonds is 5. The standard InChI is InChI=1S/C21H30N6O/c1-16(2)9-14-27-20(22-23-24-27)21(11-6-12-25(15-21)17(3)28)26-13-10-18-7-4-5-8-19(18)26/h4-5,7-8,16H,6,9-15H2,1-3H3. The van der Waals surface area contributed by atoms with Gasteiger partial charge in [0, 0.05) is 32.2 Å². The summed E-state index contributed by atoms with van der Waals surface area (Å²) in [6.45, 7) is 9.28. The van der Waals surface area contributed by atoms with Crippen molar-refractivity contribution in [2.45, 2.75) is 58.5 Å². The van der Waals surface area contributed by atoms with Crippen LogP contribution in [0.25, 0.3) is 0 Å². The van der Waals surface area contributed by atoms with Gasteiger partial charge in [-0.15, -0.1) is 5.10 Å². The maximum atomic E-state index is 12.3. The van der Waals surface area contributed by atoms with Gasteiger partial charge in [-0.2, -0.15) is 0 Å². The fourth-order valence-corrected chi connectivity index (χ4v) is 4.68. The highest BCUT2D eigenvalue weighted by atomic mass is 16.2. The number of fused-ring (bicyclic) bond motifs is 1. The zero-order chi connectivity index (χ0) is 19.7. The van der Waals surface area contributed by atoms with Crippen molar-refractivity contribution in [3.63, 3.8) is 0 Å². The van der Waals surface area contributed by atoms with Crippen LogP contribution in [0.1, 0.15) is 51.4 Å². The number of benzene rings is 1. The van der Waals surface area contributed by atoms with Crippen LogP contribution in [-0.4, -0.2) is 50.6 Å². The van der Waals surface area contributed by atoms with E-state index in [4.69, 9.17) is 0 Å². The number of amides is 1. The summed E-state index contributed by atoms with van der Waals surface area (Å²) in [4.78, 5) is 16.7. The van der Waals surface area contributed by atoms with Crippen LogP contribution in [0.5, 0.6) is 0 Å². The minimum Gasteiger partial charge on any atom is -0.356 e. The molecule has 0 aliphatic carbocycles. The second-order valence-corrected chi connectivity index (χ2v) is 8.51. The Balaban J connectivity index is 1.78. The van der Waals surface area contributed by atoms with Gasteiger partial charge >= 0.3 is 0 Å². The molecule has 1 atom stereocenters. The maximum Gasteiger partial charge on any atom is 0.219 e. The number of hydrogen-bond donors (Lipinski definition) is 0. The molecule has 1 fully saturated rings. The van der Waals surface area contributed by atoms with Crippen LogP contribution in [0.2, 0.25) is 0 Å². The molecule has 2 aliphatic heterocycles. The molecule has 2 aliphatic rings. The summed E-state index contributed by atoms with van der Waals surface area (Å²) in [5.41, 5.74) is 2.24. The molecule has 2 aromatic rings. The van der Waals surface area contributed by atoms with Crippen molar-refractivity contribution in [1.82, 2.24) is 25.1 Å². The Hall–Kier alpha value is -2.44. The highest BCUT2D eigenvalue weighted by Crippen LogP contribution is 2.43. The molecule has 7 nitrogen and oxygen atoms in total. The van der Waals surface area contributed by atoms with E-state index in [2.05, 4.69) is 58.5 Å². The molecule has 7 heteroatoms. The van der Waals surface area contributed by atoms with E-state index in [0.717, 1.165) is 51.1 Å². The van der Waals surface area contributed by atoms with Crippen LogP contribution in [0.4, 0.5) is 5.69 Å². The zero-order valence-corrected chi connectivity index (χ0v) is 17.1. The number of piperidine rings is 1. The Morgan fingerprint density at radius 2 is 2.07 bits per heavy atom. The van der Waals surface area contributed by atoms with Crippen molar-refractivity contribution >= 4 is 11.6 Å². The molecule has 0 N–H and O–H groups in total. The largest absolute Gasteiger partial charge is 0.356 e. The number of likely N-dealkylation sites (tertiary alicyclic amines) is 1. The topological polar surface area (TPSA) is 67.2 Å². The van der Waals surface area contributed by atoms with E-state index in [1.807, 2.05) is 9.58 Å². The Morgan fingerprint density at radius 1 is 1.25 bits per heavy atom. The van der Waals surface area contributed by atoms with E-state index in [0.29, 0.717) is 12.5 Å². The Bertz CT molecular complexity index is 847. The van der Waals surface area contributed by atoms with Gasteiger partial charge in [-0.1, -0.05) is 32.0 Å². The molecule has 4 rings (SSSR count). The summed E-state index contributed by atoms with van der Waals surface area (Å²) < 4.78 is 1.98. The van der Waals surface area contributed by atoms with Crippen LogP contribution in [0.15, 0.2) is 24.3 Å². The Kier molecular flexibility index (Phi) is 5.08. The number of aryl methyl sites for hydroxylation is 1. The van der Waals surface area contributed by atoms with Gasteiger partial charge in [0.25, 0.3) is 0 Å². The van der Waals surface area contributed by atoms with Crippen LogP contribution in [0, 0.1) is 5.92 Å². The first-order valence-electron chi connectivity index (χ1n) is 10.4. The first-order valence-corrected chi connectivity index (χ1v) is 10.4. The molecule has 0 saturated carbocycles. The SMILES string of the molecule is CC(=O)N1CCCC(c2nnnn2CCC(C)C)(N2CCc3ccccc32)C1. The van der Waals surface area contributed by atoms with Crippen molar-refractivity contribution in [3.8, 4) is 0 Å². The van der Waals surface area contributed by atoms with Crippen molar-refractivity contribution < 1.29 is 4.79 Å². The fourth-order valence-electron chi connectivity index (χ4n) is 4.68. The lowest BCUT2D eigenvalue weighted by atomic mass is 9.85. The van der Waals surface area contributed by atoms with Gasteiger partial charge in [-0.25, -0.2) is 4.68 Å². The number of nitrogens with zero attached hydrogens (tertiary/aromatic N) is 6. The van der Waals surface area contributed by atoms with Crippen molar-refractivity contribution in [2.75, 3.05) is 24.5 Å². The van der Waals surface area contributed by atoms with Gasteiger partial charge in [-0.05, 0) is 53.7 Å². The first-order chi connectivity index (χ1) is 13.5. The minimum absolute atomic E-state index is 0.123. The molecule has 0 bridgehead atoms. The smallest absolute Gasteiger partial charge is 0.219 e. The van der Waals surface area contributed by atoms with Crippen molar-refractivity contribution in [1.29, 1.82) is 0 Å². The van der Waals surface area contributed by atoms with Gasteiger partial charge in [0.05, 0.1) is 6.54 Å². The van der Waals surface area contributed by atoms with E-state index >= 15 is 0 Å². The van der Waals surface area contributed by atoms with E-state index in [-0.39, 0.29) is 11.4 Å². The second-order valence-electron chi connectivity index (χ2n) is 8.51. The van der Waals surface area contributed by atoms with Gasteiger partial charge in [0.15, 0.2) is 5.82 Å². The highest BCUT2D eigenvalue weighted by molar-refractivity contribution is 5.74. The molecular weight excluding hydrogens is 352 g/mol. The number of tetrazole rings is 1. The van der Waals surface area contributed by atoms with Gasteiger partial charge < -0.3 is 9.80 Å².